The maximum absolute atomic E-state index is 2.45. The molecule has 0 spiro atoms. The number of aryl methyl sites for hydroxylation is 2. The van der Waals surface area contributed by atoms with E-state index in [1.54, 1.807) is 0 Å². The van der Waals surface area contributed by atoms with E-state index in [1.165, 1.54) is 143 Å². The highest BCUT2D eigenvalue weighted by molar-refractivity contribution is 6.28. The van der Waals surface area contributed by atoms with E-state index < -0.39 is 0 Å². The number of rotatable bonds is 20. The van der Waals surface area contributed by atoms with Gasteiger partial charge in [0.1, 0.15) is 0 Å². The second kappa shape index (κ2) is 19.2. The van der Waals surface area contributed by atoms with Gasteiger partial charge in [-0.1, -0.05) is 175 Å². The average Bonchev–Trinajstić information content (AvgIpc) is 3.28. The molecule has 0 radical (unpaired) electrons. The molecule has 58 heavy (non-hydrogen) atoms. The summed E-state index contributed by atoms with van der Waals surface area (Å²) in [6, 6.07) is 59.1. The van der Waals surface area contributed by atoms with Gasteiger partial charge in [-0.05, 0) is 119 Å². The van der Waals surface area contributed by atoms with Crippen LogP contribution in [0.3, 0.4) is 0 Å². The van der Waals surface area contributed by atoms with Crippen LogP contribution in [0.1, 0.15) is 102 Å². The van der Waals surface area contributed by atoms with Crippen molar-refractivity contribution in [2.45, 2.75) is 104 Å². The van der Waals surface area contributed by atoms with Crippen LogP contribution in [0.2, 0.25) is 0 Å². The molecule has 8 rings (SSSR count). The first kappa shape index (κ1) is 39.2. The van der Waals surface area contributed by atoms with Gasteiger partial charge in [-0.3, -0.25) is 0 Å². The van der Waals surface area contributed by atoms with Crippen LogP contribution >= 0.6 is 0 Å². The van der Waals surface area contributed by atoms with Crippen molar-refractivity contribution >= 4 is 66.4 Å². The summed E-state index contributed by atoms with van der Waals surface area (Å²) in [6.45, 7) is 4.58. The maximum Gasteiger partial charge on any atom is 0.0540 e. The molecular formula is C56H60N2. The lowest BCUT2D eigenvalue weighted by molar-refractivity contribution is 0.607. The molecule has 0 saturated heterocycles. The van der Waals surface area contributed by atoms with Crippen molar-refractivity contribution in [3.05, 3.63) is 169 Å². The van der Waals surface area contributed by atoms with Crippen molar-refractivity contribution in [1.29, 1.82) is 0 Å². The van der Waals surface area contributed by atoms with Crippen LogP contribution in [-0.4, -0.2) is 0 Å². The Morgan fingerprint density at radius 2 is 0.655 bits per heavy atom. The minimum Gasteiger partial charge on any atom is -0.310 e. The van der Waals surface area contributed by atoms with Crippen LogP contribution in [0.5, 0.6) is 0 Å². The number of benzene rings is 8. The zero-order valence-corrected chi connectivity index (χ0v) is 34.8. The van der Waals surface area contributed by atoms with E-state index >= 15 is 0 Å². The fraction of sp³-hybridized carbons (Fsp3) is 0.286. The number of nitrogens with zero attached hydrogens (tertiary/aromatic N) is 2. The Bertz CT molecular complexity index is 2290. The van der Waals surface area contributed by atoms with Gasteiger partial charge >= 0.3 is 0 Å². The highest BCUT2D eigenvalue weighted by atomic mass is 15.1. The molecule has 0 saturated carbocycles. The van der Waals surface area contributed by atoms with Crippen molar-refractivity contribution in [2.24, 2.45) is 0 Å². The summed E-state index contributed by atoms with van der Waals surface area (Å²) < 4.78 is 0. The van der Waals surface area contributed by atoms with Gasteiger partial charge < -0.3 is 9.80 Å². The predicted molar refractivity (Wildman–Crippen MR) is 254 cm³/mol. The molecule has 294 valence electrons. The van der Waals surface area contributed by atoms with Crippen molar-refractivity contribution in [2.75, 3.05) is 9.80 Å². The maximum atomic E-state index is 2.45. The minimum absolute atomic E-state index is 1.14. The van der Waals surface area contributed by atoms with Crippen LogP contribution < -0.4 is 9.80 Å². The van der Waals surface area contributed by atoms with Crippen molar-refractivity contribution in [1.82, 2.24) is 0 Å². The third-order valence-electron chi connectivity index (χ3n) is 12.2. The normalized spacial score (nSPS) is 11.6. The Morgan fingerprint density at radius 1 is 0.310 bits per heavy atom. The first-order valence-corrected chi connectivity index (χ1v) is 22.3. The molecule has 0 aliphatic carbocycles. The van der Waals surface area contributed by atoms with Crippen molar-refractivity contribution < 1.29 is 0 Å². The molecule has 2 heteroatoms. The van der Waals surface area contributed by atoms with Crippen LogP contribution in [0.4, 0.5) is 34.1 Å². The van der Waals surface area contributed by atoms with Crippen molar-refractivity contribution in [3.63, 3.8) is 0 Å². The summed E-state index contributed by atoms with van der Waals surface area (Å²) in [6.07, 6.45) is 18.2. The highest BCUT2D eigenvalue weighted by Gasteiger charge is 2.21. The number of hydrogen-bond acceptors (Lipinski definition) is 2. The van der Waals surface area contributed by atoms with Gasteiger partial charge in [-0.15, -0.1) is 0 Å². The van der Waals surface area contributed by atoms with Crippen LogP contribution in [0.25, 0.3) is 32.3 Å². The SMILES string of the molecule is CCCCCCCCc1ccc(N(c2ccccc2)c2ccc3ccc4c(N(c5ccccc5)c5ccc(CCCCCCCC)cc5)ccc5ccc2c3c54)cc1. The van der Waals surface area contributed by atoms with Crippen LogP contribution in [-0.2, 0) is 12.8 Å². The van der Waals surface area contributed by atoms with E-state index in [2.05, 4.69) is 181 Å². The first-order valence-electron chi connectivity index (χ1n) is 22.3. The lowest BCUT2D eigenvalue weighted by Gasteiger charge is -2.29. The minimum atomic E-state index is 1.14. The van der Waals surface area contributed by atoms with E-state index in [9.17, 15) is 0 Å². The van der Waals surface area contributed by atoms with Crippen molar-refractivity contribution in [3.8, 4) is 0 Å². The molecule has 0 aliphatic heterocycles. The first-order chi connectivity index (χ1) is 28.7. The number of unbranched alkanes of at least 4 members (excludes halogenated alkanes) is 10. The number of hydrogen-bond donors (Lipinski definition) is 0. The lowest BCUT2D eigenvalue weighted by atomic mass is 9.91. The zero-order valence-electron chi connectivity index (χ0n) is 34.8. The molecule has 0 heterocycles. The zero-order chi connectivity index (χ0) is 39.5. The Kier molecular flexibility index (Phi) is 13.0. The monoisotopic (exact) mass is 760 g/mol. The Balaban J connectivity index is 1.17. The molecule has 8 aromatic carbocycles. The molecule has 0 amide bonds. The summed E-state index contributed by atoms with van der Waals surface area (Å²) >= 11 is 0. The van der Waals surface area contributed by atoms with Gasteiger partial charge in [0.2, 0.25) is 0 Å². The summed E-state index contributed by atoms with van der Waals surface area (Å²) in [5.74, 6) is 0. The summed E-state index contributed by atoms with van der Waals surface area (Å²) in [5, 5.41) is 7.69. The molecule has 0 unspecified atom stereocenters. The van der Waals surface area contributed by atoms with E-state index in [0.717, 1.165) is 24.2 Å². The smallest absolute Gasteiger partial charge is 0.0540 e. The third kappa shape index (κ3) is 8.77. The molecule has 0 aromatic heterocycles. The topological polar surface area (TPSA) is 6.48 Å². The summed E-state index contributed by atoms with van der Waals surface area (Å²) in [5.41, 5.74) is 9.93. The van der Waals surface area contributed by atoms with Crippen LogP contribution in [0.15, 0.2) is 158 Å². The molecule has 0 fully saturated rings. The Morgan fingerprint density at radius 3 is 1.05 bits per heavy atom. The van der Waals surface area contributed by atoms with Gasteiger partial charge in [0.15, 0.2) is 0 Å². The fourth-order valence-electron chi connectivity index (χ4n) is 9.01. The molecule has 0 aliphatic rings. The standard InChI is InChI=1S/C56H60N2/c1-3-5-7-9-11-15-21-43-27-35-49(36-28-43)57(47-23-17-13-18-24-47)53-41-33-45-32-40-52-54(42-34-46-31-39-51(53)55(45)56(46)52)58(48-25-19-14-20-26-48)50-37-29-44(30-38-50)22-16-12-10-8-6-4-2/h13-14,17-20,23-42H,3-12,15-16,21-22H2,1-2H3. The Hall–Kier alpha value is -5.60. The molecule has 8 aromatic rings. The van der Waals surface area contributed by atoms with E-state index in [1.807, 2.05) is 0 Å². The van der Waals surface area contributed by atoms with E-state index in [0.29, 0.717) is 0 Å². The van der Waals surface area contributed by atoms with Crippen LogP contribution in [0, 0.1) is 0 Å². The van der Waals surface area contributed by atoms with E-state index in [-0.39, 0.29) is 0 Å². The summed E-state index contributed by atoms with van der Waals surface area (Å²) in [7, 11) is 0. The van der Waals surface area contributed by atoms with Gasteiger partial charge in [0, 0.05) is 33.5 Å². The van der Waals surface area contributed by atoms with E-state index in [4.69, 9.17) is 0 Å². The second-order valence-corrected chi connectivity index (χ2v) is 16.3. The molecular weight excluding hydrogens is 701 g/mol. The lowest BCUT2D eigenvalue weighted by Crippen LogP contribution is -2.11. The largest absolute Gasteiger partial charge is 0.310 e. The number of anilines is 6. The molecule has 2 nitrogen and oxygen atoms in total. The quantitative estimate of drug-likeness (QED) is 0.0564. The molecule has 0 bridgehead atoms. The molecule has 0 N–H and O–H groups in total. The number of para-hydroxylation sites is 2. The van der Waals surface area contributed by atoms with Gasteiger partial charge in [0.25, 0.3) is 0 Å². The fourth-order valence-corrected chi connectivity index (χ4v) is 9.01. The van der Waals surface area contributed by atoms with Gasteiger partial charge in [0.05, 0.1) is 11.4 Å². The summed E-state index contributed by atoms with van der Waals surface area (Å²) in [4.78, 5) is 4.90. The highest BCUT2D eigenvalue weighted by Crippen LogP contribution is 2.47. The Labute approximate surface area is 347 Å². The van der Waals surface area contributed by atoms with Gasteiger partial charge in [-0.2, -0.15) is 0 Å². The second-order valence-electron chi connectivity index (χ2n) is 16.3. The van der Waals surface area contributed by atoms with Gasteiger partial charge in [-0.25, -0.2) is 0 Å². The predicted octanol–water partition coefficient (Wildman–Crippen LogP) is 17.3. The third-order valence-corrected chi connectivity index (χ3v) is 12.2. The average molecular weight is 761 g/mol. The molecule has 0 atom stereocenters.